The van der Waals surface area contributed by atoms with Gasteiger partial charge in [-0.25, -0.2) is 18.0 Å². The van der Waals surface area contributed by atoms with E-state index >= 15 is 0 Å². The largest absolute Gasteiger partial charge is 0.463 e. The lowest BCUT2D eigenvalue weighted by atomic mass is 9.97. The number of halogens is 3. The SMILES string of the molecule is CS(=O)(=O)N(C(=O)O)n1c(=O)[nH]c2cc(C(F)(F)F)c([C@H]3CCCO3)cc2c1=O. The number of carbonyl (C=O) groups is 1. The standard InChI is InChI=1S/C15H14F3N3O7S/c1-29(26,27)21(14(24)25)20-12(22)8-5-7(11-3-2-4-28-11)9(15(16,17)18)6-10(8)19-13(20)23/h5-6,11H,2-4H2,1H3,(H,19,23)(H,24,25)/t11-/m1/s1. The van der Waals surface area contributed by atoms with Crippen LogP contribution in [-0.2, 0) is 20.9 Å². The van der Waals surface area contributed by atoms with Gasteiger partial charge in [0.15, 0.2) is 0 Å². The van der Waals surface area contributed by atoms with Gasteiger partial charge in [-0.15, -0.1) is 4.68 Å². The number of alkyl halides is 3. The Hall–Kier alpha value is -2.87. The Bertz CT molecular complexity index is 1210. The van der Waals surface area contributed by atoms with Gasteiger partial charge in [0.25, 0.3) is 15.6 Å². The van der Waals surface area contributed by atoms with E-state index in [1.54, 1.807) is 0 Å². The first kappa shape index (κ1) is 20.9. The van der Waals surface area contributed by atoms with Crippen LogP contribution < -0.4 is 15.7 Å². The number of rotatable bonds is 3. The van der Waals surface area contributed by atoms with Crippen molar-refractivity contribution in [3.05, 3.63) is 44.1 Å². The van der Waals surface area contributed by atoms with E-state index in [2.05, 4.69) is 0 Å². The maximum atomic E-state index is 13.5. The summed E-state index contributed by atoms with van der Waals surface area (Å²) in [5.74, 6) is 0. The van der Waals surface area contributed by atoms with Crippen LogP contribution in [-0.4, -0.2) is 42.1 Å². The molecule has 10 nitrogen and oxygen atoms in total. The van der Waals surface area contributed by atoms with E-state index in [0.29, 0.717) is 18.7 Å². The lowest BCUT2D eigenvalue weighted by molar-refractivity contribution is -0.139. The fourth-order valence-corrected chi connectivity index (χ4v) is 3.88. The minimum atomic E-state index is -4.82. The number of aromatic amines is 1. The predicted octanol–water partition coefficient (Wildman–Crippen LogP) is 1.14. The molecule has 1 aromatic carbocycles. The monoisotopic (exact) mass is 437 g/mol. The van der Waals surface area contributed by atoms with Gasteiger partial charge in [-0.2, -0.15) is 13.2 Å². The van der Waals surface area contributed by atoms with Gasteiger partial charge in [0, 0.05) is 6.61 Å². The van der Waals surface area contributed by atoms with Crippen molar-refractivity contribution in [2.75, 3.05) is 17.3 Å². The normalized spacial score (nSPS) is 17.6. The molecule has 0 unspecified atom stereocenters. The average Bonchev–Trinajstić information content (AvgIpc) is 3.09. The Morgan fingerprint density at radius 1 is 1.34 bits per heavy atom. The fourth-order valence-electron chi connectivity index (χ4n) is 3.15. The van der Waals surface area contributed by atoms with E-state index in [0.717, 1.165) is 6.07 Å². The summed E-state index contributed by atoms with van der Waals surface area (Å²) in [6.07, 6.45) is -6.72. The molecule has 3 rings (SSSR count). The molecule has 1 aliphatic rings. The number of aromatic nitrogens is 2. The quantitative estimate of drug-likeness (QED) is 0.734. The van der Waals surface area contributed by atoms with E-state index in [1.807, 2.05) is 4.98 Å². The molecule has 1 atom stereocenters. The van der Waals surface area contributed by atoms with Crippen LogP contribution in [0.1, 0.15) is 30.1 Å². The molecular weight excluding hydrogens is 423 g/mol. The first-order valence-corrected chi connectivity index (χ1v) is 9.92. The maximum Gasteiger partial charge on any atom is 0.441 e. The van der Waals surface area contributed by atoms with Gasteiger partial charge < -0.3 is 14.8 Å². The third-order valence-electron chi connectivity index (χ3n) is 4.29. The van der Waals surface area contributed by atoms with E-state index in [1.165, 1.54) is 0 Å². The van der Waals surface area contributed by atoms with Crippen LogP contribution in [0.15, 0.2) is 21.7 Å². The van der Waals surface area contributed by atoms with Gasteiger partial charge in [0.05, 0.1) is 28.8 Å². The Balaban J connectivity index is 2.39. The number of ether oxygens (including phenoxy) is 1. The van der Waals surface area contributed by atoms with Crippen molar-refractivity contribution in [1.29, 1.82) is 0 Å². The van der Waals surface area contributed by atoms with E-state index in [-0.39, 0.29) is 23.3 Å². The second-order valence-electron chi connectivity index (χ2n) is 6.32. The molecule has 1 aromatic heterocycles. The second-order valence-corrected chi connectivity index (χ2v) is 8.13. The number of sulfonamides is 1. The van der Waals surface area contributed by atoms with Crippen LogP contribution >= 0.6 is 0 Å². The molecule has 2 N–H and O–H groups in total. The first-order valence-electron chi connectivity index (χ1n) is 8.07. The van der Waals surface area contributed by atoms with Crippen molar-refractivity contribution in [3.8, 4) is 0 Å². The van der Waals surface area contributed by atoms with Crippen LogP contribution in [0, 0.1) is 0 Å². The molecule has 1 aliphatic heterocycles. The van der Waals surface area contributed by atoms with Gasteiger partial charge in [-0.3, -0.25) is 4.79 Å². The van der Waals surface area contributed by atoms with Crippen LogP contribution in [0.4, 0.5) is 18.0 Å². The summed E-state index contributed by atoms with van der Waals surface area (Å²) in [6.45, 7) is 0.219. The van der Waals surface area contributed by atoms with Crippen molar-refractivity contribution >= 4 is 27.0 Å². The molecule has 2 heterocycles. The zero-order chi connectivity index (χ0) is 21.7. The van der Waals surface area contributed by atoms with Crippen LogP contribution in [0.2, 0.25) is 0 Å². The first-order chi connectivity index (χ1) is 13.3. The molecule has 1 saturated heterocycles. The van der Waals surface area contributed by atoms with Gasteiger partial charge in [-0.05, 0) is 30.5 Å². The summed E-state index contributed by atoms with van der Waals surface area (Å²) < 4.78 is 68.6. The highest BCUT2D eigenvalue weighted by atomic mass is 32.2. The highest BCUT2D eigenvalue weighted by Crippen LogP contribution is 2.40. The summed E-state index contributed by atoms with van der Waals surface area (Å²) in [5, 5.41) is 8.62. The summed E-state index contributed by atoms with van der Waals surface area (Å²) in [7, 11) is -4.62. The number of hydrogen-bond donors (Lipinski definition) is 2. The minimum absolute atomic E-state index is 0.202. The number of hydrogen-bond acceptors (Lipinski definition) is 6. The highest BCUT2D eigenvalue weighted by molar-refractivity contribution is 7.92. The Labute approximate surface area is 160 Å². The number of H-pyrrole nitrogens is 1. The summed E-state index contributed by atoms with van der Waals surface area (Å²) in [6, 6.07) is 1.39. The molecule has 14 heteroatoms. The molecule has 0 aliphatic carbocycles. The number of fused-ring (bicyclic) bond motifs is 1. The molecule has 0 saturated carbocycles. The summed E-state index contributed by atoms with van der Waals surface area (Å²) in [5.41, 5.74) is -4.95. The summed E-state index contributed by atoms with van der Waals surface area (Å²) in [4.78, 5) is 38.2. The lowest BCUT2D eigenvalue weighted by Gasteiger charge is -2.20. The zero-order valence-corrected chi connectivity index (χ0v) is 15.5. The highest BCUT2D eigenvalue weighted by Gasteiger charge is 2.38. The number of benzene rings is 1. The lowest BCUT2D eigenvalue weighted by Crippen LogP contribution is -2.55. The molecule has 1 amide bonds. The third-order valence-corrected chi connectivity index (χ3v) is 5.24. The molecule has 0 bridgehead atoms. The van der Waals surface area contributed by atoms with Gasteiger partial charge in [-0.1, -0.05) is 4.41 Å². The van der Waals surface area contributed by atoms with Gasteiger partial charge in [0.1, 0.15) is 0 Å². The van der Waals surface area contributed by atoms with Crippen LogP contribution in [0.3, 0.4) is 0 Å². The van der Waals surface area contributed by atoms with Crippen molar-refractivity contribution in [1.82, 2.24) is 9.66 Å². The number of amides is 1. The Kier molecular flexibility index (Phi) is 4.94. The second kappa shape index (κ2) is 6.88. The Morgan fingerprint density at radius 3 is 2.48 bits per heavy atom. The minimum Gasteiger partial charge on any atom is -0.463 e. The number of nitrogens with one attached hydrogen (secondary N) is 1. The van der Waals surface area contributed by atoms with E-state index in [9.17, 15) is 36.0 Å². The van der Waals surface area contributed by atoms with E-state index < -0.39 is 60.5 Å². The van der Waals surface area contributed by atoms with E-state index in [4.69, 9.17) is 9.84 Å². The van der Waals surface area contributed by atoms with Crippen molar-refractivity contribution in [3.63, 3.8) is 0 Å². The third kappa shape index (κ3) is 3.72. The zero-order valence-electron chi connectivity index (χ0n) is 14.7. The molecular formula is C15H14F3N3O7S. The molecule has 29 heavy (non-hydrogen) atoms. The molecule has 0 radical (unpaired) electrons. The smallest absolute Gasteiger partial charge is 0.441 e. The van der Waals surface area contributed by atoms with Gasteiger partial charge >= 0.3 is 18.0 Å². The predicted molar refractivity (Wildman–Crippen MR) is 92.8 cm³/mol. The van der Waals surface area contributed by atoms with Crippen molar-refractivity contribution in [2.24, 2.45) is 0 Å². The number of carboxylic acid groups (broad SMARTS) is 1. The van der Waals surface area contributed by atoms with Crippen molar-refractivity contribution < 1.29 is 36.2 Å². The molecule has 0 spiro atoms. The van der Waals surface area contributed by atoms with Gasteiger partial charge in [0.2, 0.25) is 0 Å². The molecule has 2 aromatic rings. The topological polar surface area (TPSA) is 139 Å². The van der Waals surface area contributed by atoms with Crippen molar-refractivity contribution in [2.45, 2.75) is 25.1 Å². The number of nitrogens with zero attached hydrogens (tertiary/aromatic N) is 2. The average molecular weight is 437 g/mol. The molecule has 158 valence electrons. The molecule has 1 fully saturated rings. The van der Waals surface area contributed by atoms with Crippen LogP contribution in [0.25, 0.3) is 10.9 Å². The summed E-state index contributed by atoms with van der Waals surface area (Å²) >= 11 is 0. The Morgan fingerprint density at radius 2 is 2.00 bits per heavy atom. The van der Waals surface area contributed by atoms with Crippen LogP contribution in [0.5, 0.6) is 0 Å². The maximum absolute atomic E-state index is 13.5. The fraction of sp³-hybridized carbons (Fsp3) is 0.400.